The van der Waals surface area contributed by atoms with Gasteiger partial charge in [-0.2, -0.15) is 0 Å². The Morgan fingerprint density at radius 3 is 2.58 bits per heavy atom. The van der Waals surface area contributed by atoms with Gasteiger partial charge >= 0.3 is 0 Å². The molecule has 108 valence electrons. The molecule has 1 rings (SSSR count). The molecule has 0 fully saturated rings. The molecule has 0 aliphatic heterocycles. The molecule has 0 unspecified atom stereocenters. The highest BCUT2D eigenvalue weighted by molar-refractivity contribution is 5.53. The lowest BCUT2D eigenvalue weighted by molar-refractivity contribution is 0.191. The fraction of sp³-hybridized carbons (Fsp3) is 0.643. The molecule has 2 N–H and O–H groups in total. The number of ether oxygens (including phenoxy) is 2. The number of aromatic nitrogens is 1. The van der Waals surface area contributed by atoms with Crippen molar-refractivity contribution in [3.05, 3.63) is 23.5 Å². The van der Waals surface area contributed by atoms with Gasteiger partial charge in [-0.25, -0.2) is 0 Å². The summed E-state index contributed by atoms with van der Waals surface area (Å²) in [5.74, 6) is 0. The molecule has 0 atom stereocenters. The van der Waals surface area contributed by atoms with Crippen LogP contribution in [0.2, 0.25) is 0 Å². The highest BCUT2D eigenvalue weighted by Gasteiger charge is 2.11. The first-order valence-corrected chi connectivity index (χ1v) is 6.61. The van der Waals surface area contributed by atoms with Gasteiger partial charge in [0.1, 0.15) is 0 Å². The molecular weight excluding hydrogens is 242 g/mol. The maximum atomic E-state index is 5.80. The van der Waals surface area contributed by atoms with E-state index in [4.69, 9.17) is 15.2 Å². The molecule has 0 bridgehead atoms. The third-order valence-electron chi connectivity index (χ3n) is 3.00. The number of hydrogen-bond acceptors (Lipinski definition) is 5. The van der Waals surface area contributed by atoms with E-state index in [9.17, 15) is 0 Å². The van der Waals surface area contributed by atoms with Crippen molar-refractivity contribution in [3.8, 4) is 0 Å². The predicted octanol–water partition coefficient (Wildman–Crippen LogP) is 1.34. The Balaban J connectivity index is 2.84. The van der Waals surface area contributed by atoms with E-state index in [0.717, 1.165) is 43.1 Å². The summed E-state index contributed by atoms with van der Waals surface area (Å²) in [7, 11) is 3.44. The standard InChI is InChI=1S/C14H25N3O2/c1-12-9-14(13(10-15)11-16-12)17(6-8-19-3)5-4-7-18-2/h9,11H,4-8,10,15H2,1-3H3. The van der Waals surface area contributed by atoms with Gasteiger partial charge < -0.3 is 20.1 Å². The summed E-state index contributed by atoms with van der Waals surface area (Å²) in [5.41, 5.74) is 9.02. The molecule has 19 heavy (non-hydrogen) atoms. The van der Waals surface area contributed by atoms with E-state index in [-0.39, 0.29) is 0 Å². The number of nitrogens with two attached hydrogens (primary N) is 1. The largest absolute Gasteiger partial charge is 0.385 e. The lowest BCUT2D eigenvalue weighted by atomic mass is 10.1. The van der Waals surface area contributed by atoms with E-state index < -0.39 is 0 Å². The third-order valence-corrected chi connectivity index (χ3v) is 3.00. The summed E-state index contributed by atoms with van der Waals surface area (Å²) >= 11 is 0. The molecular formula is C14H25N3O2. The number of methoxy groups -OCH3 is 2. The number of anilines is 1. The molecule has 0 saturated carbocycles. The van der Waals surface area contributed by atoms with Crippen LogP contribution in [-0.4, -0.2) is 45.5 Å². The lowest BCUT2D eigenvalue weighted by Gasteiger charge is -2.27. The van der Waals surface area contributed by atoms with Gasteiger partial charge in [-0.15, -0.1) is 0 Å². The minimum Gasteiger partial charge on any atom is -0.385 e. The van der Waals surface area contributed by atoms with Crippen LogP contribution in [0.15, 0.2) is 12.3 Å². The second-order valence-corrected chi connectivity index (χ2v) is 4.48. The summed E-state index contributed by atoms with van der Waals surface area (Å²) in [6.45, 7) is 5.71. The van der Waals surface area contributed by atoms with Gasteiger partial charge in [0.15, 0.2) is 0 Å². The van der Waals surface area contributed by atoms with Crippen molar-refractivity contribution in [1.29, 1.82) is 0 Å². The molecule has 1 aromatic rings. The Bertz CT molecular complexity index is 372. The molecule has 0 aromatic carbocycles. The van der Waals surface area contributed by atoms with Crippen LogP contribution in [0.1, 0.15) is 17.7 Å². The fourth-order valence-corrected chi connectivity index (χ4v) is 1.98. The van der Waals surface area contributed by atoms with Gasteiger partial charge in [-0.1, -0.05) is 0 Å². The predicted molar refractivity (Wildman–Crippen MR) is 77.4 cm³/mol. The summed E-state index contributed by atoms with van der Waals surface area (Å²) in [4.78, 5) is 6.60. The lowest BCUT2D eigenvalue weighted by Crippen LogP contribution is -2.30. The average Bonchev–Trinajstić information content (AvgIpc) is 2.42. The number of aryl methyl sites for hydroxylation is 1. The number of rotatable bonds is 9. The zero-order valence-corrected chi connectivity index (χ0v) is 12.2. The minimum atomic E-state index is 0.496. The maximum Gasteiger partial charge on any atom is 0.0637 e. The van der Waals surface area contributed by atoms with Crippen molar-refractivity contribution < 1.29 is 9.47 Å². The van der Waals surface area contributed by atoms with E-state index in [1.807, 2.05) is 13.1 Å². The Kier molecular flexibility index (Phi) is 7.40. The third kappa shape index (κ3) is 5.14. The minimum absolute atomic E-state index is 0.496. The second kappa shape index (κ2) is 8.85. The number of hydrogen-bond donors (Lipinski definition) is 1. The molecule has 5 heteroatoms. The Hall–Kier alpha value is -1.17. The van der Waals surface area contributed by atoms with Crippen LogP contribution in [0.5, 0.6) is 0 Å². The van der Waals surface area contributed by atoms with Crippen LogP contribution in [0.4, 0.5) is 5.69 Å². The quantitative estimate of drug-likeness (QED) is 0.684. The Morgan fingerprint density at radius 2 is 1.95 bits per heavy atom. The first-order chi connectivity index (χ1) is 9.22. The summed E-state index contributed by atoms with van der Waals surface area (Å²) in [6, 6.07) is 2.09. The van der Waals surface area contributed by atoms with E-state index in [1.165, 1.54) is 0 Å². The molecule has 0 aliphatic rings. The van der Waals surface area contributed by atoms with Crippen LogP contribution in [0, 0.1) is 6.92 Å². The number of pyridine rings is 1. The molecule has 5 nitrogen and oxygen atoms in total. The van der Waals surface area contributed by atoms with E-state index in [1.54, 1.807) is 14.2 Å². The summed E-state index contributed by atoms with van der Waals surface area (Å²) < 4.78 is 10.3. The van der Waals surface area contributed by atoms with Crippen LogP contribution in [0.3, 0.4) is 0 Å². The number of nitrogens with zero attached hydrogens (tertiary/aromatic N) is 2. The zero-order chi connectivity index (χ0) is 14.1. The maximum absolute atomic E-state index is 5.80. The van der Waals surface area contributed by atoms with E-state index in [2.05, 4.69) is 16.0 Å². The molecule has 0 aliphatic carbocycles. The van der Waals surface area contributed by atoms with Crippen molar-refractivity contribution >= 4 is 5.69 Å². The smallest absolute Gasteiger partial charge is 0.0637 e. The first-order valence-electron chi connectivity index (χ1n) is 6.61. The van der Waals surface area contributed by atoms with Crippen molar-refractivity contribution in [1.82, 2.24) is 4.98 Å². The fourth-order valence-electron chi connectivity index (χ4n) is 1.98. The average molecular weight is 267 g/mol. The van der Waals surface area contributed by atoms with E-state index in [0.29, 0.717) is 13.2 Å². The molecule has 0 spiro atoms. The normalized spacial score (nSPS) is 10.7. The molecule has 1 heterocycles. The summed E-state index contributed by atoms with van der Waals surface area (Å²) in [6.07, 6.45) is 2.84. The van der Waals surface area contributed by atoms with Crippen molar-refractivity contribution in [2.24, 2.45) is 5.73 Å². The van der Waals surface area contributed by atoms with Crippen molar-refractivity contribution in [2.45, 2.75) is 19.9 Å². The van der Waals surface area contributed by atoms with Crippen LogP contribution in [0.25, 0.3) is 0 Å². The monoisotopic (exact) mass is 267 g/mol. The van der Waals surface area contributed by atoms with Gasteiger partial charge in [-0.3, -0.25) is 4.98 Å². The van der Waals surface area contributed by atoms with Gasteiger partial charge in [0.2, 0.25) is 0 Å². The van der Waals surface area contributed by atoms with Crippen molar-refractivity contribution in [3.63, 3.8) is 0 Å². The Labute approximate surface area is 115 Å². The highest BCUT2D eigenvalue weighted by Crippen LogP contribution is 2.20. The summed E-state index contributed by atoms with van der Waals surface area (Å²) in [5, 5.41) is 0. The van der Waals surface area contributed by atoms with Gasteiger partial charge in [0, 0.05) is 63.6 Å². The van der Waals surface area contributed by atoms with Crippen LogP contribution >= 0.6 is 0 Å². The molecule has 0 saturated heterocycles. The molecule has 0 radical (unpaired) electrons. The van der Waals surface area contributed by atoms with Crippen molar-refractivity contribution in [2.75, 3.05) is 45.4 Å². The first kappa shape index (κ1) is 15.9. The van der Waals surface area contributed by atoms with Gasteiger partial charge in [0.25, 0.3) is 0 Å². The van der Waals surface area contributed by atoms with Crippen LogP contribution < -0.4 is 10.6 Å². The highest BCUT2D eigenvalue weighted by atomic mass is 16.5. The molecule has 1 aromatic heterocycles. The van der Waals surface area contributed by atoms with Gasteiger partial charge in [-0.05, 0) is 19.4 Å². The van der Waals surface area contributed by atoms with Crippen LogP contribution in [-0.2, 0) is 16.0 Å². The zero-order valence-electron chi connectivity index (χ0n) is 12.2. The van der Waals surface area contributed by atoms with Gasteiger partial charge in [0.05, 0.1) is 6.61 Å². The Morgan fingerprint density at radius 1 is 1.21 bits per heavy atom. The topological polar surface area (TPSA) is 60.6 Å². The molecule has 0 amide bonds. The SMILES string of the molecule is COCCCN(CCOC)c1cc(C)ncc1CN. The second-order valence-electron chi connectivity index (χ2n) is 4.48. The van der Waals surface area contributed by atoms with E-state index >= 15 is 0 Å².